The van der Waals surface area contributed by atoms with Crippen molar-refractivity contribution in [3.05, 3.63) is 12.2 Å². The van der Waals surface area contributed by atoms with E-state index in [1.807, 2.05) is 11.6 Å². The molecule has 6 nitrogen and oxygen atoms in total. The Labute approximate surface area is 125 Å². The molecule has 0 radical (unpaired) electrons. The summed E-state index contributed by atoms with van der Waals surface area (Å²) in [6, 6.07) is 0.288. The first-order valence-corrected chi connectivity index (χ1v) is 7.74. The lowest BCUT2D eigenvalue weighted by Gasteiger charge is -2.27. The standard InChI is InChI=1S/C15H25N5O/c1-15(2,3)12-7-11(14(21)17-12)20-6-5-10(8-20)13-18-16-9-19(13)4/h9-12H,5-8H2,1-4H3,(H,17,21)/t10?,11-,12-/m1/s1. The van der Waals surface area contributed by atoms with Crippen molar-refractivity contribution in [1.29, 1.82) is 0 Å². The molecule has 2 aliphatic heterocycles. The number of carbonyl (C=O) groups excluding carboxylic acids is 1. The van der Waals surface area contributed by atoms with Crippen molar-refractivity contribution in [3.8, 4) is 0 Å². The van der Waals surface area contributed by atoms with Gasteiger partial charge >= 0.3 is 0 Å². The predicted octanol–water partition coefficient (Wildman–Crippen LogP) is 0.908. The fraction of sp³-hybridized carbons (Fsp3) is 0.800. The van der Waals surface area contributed by atoms with E-state index in [0.29, 0.717) is 5.92 Å². The zero-order valence-electron chi connectivity index (χ0n) is 13.3. The molecule has 1 aromatic heterocycles. The van der Waals surface area contributed by atoms with Gasteiger partial charge in [-0.15, -0.1) is 10.2 Å². The first-order valence-electron chi connectivity index (χ1n) is 7.74. The third kappa shape index (κ3) is 2.69. The second kappa shape index (κ2) is 5.09. The van der Waals surface area contributed by atoms with Crippen LogP contribution in [0.5, 0.6) is 0 Å². The highest BCUT2D eigenvalue weighted by Gasteiger charge is 2.43. The summed E-state index contributed by atoms with van der Waals surface area (Å²) in [5.41, 5.74) is 0.118. The maximum atomic E-state index is 12.3. The van der Waals surface area contributed by atoms with Gasteiger partial charge in [-0.2, -0.15) is 0 Å². The molecule has 3 atom stereocenters. The van der Waals surface area contributed by atoms with Crippen LogP contribution in [0.3, 0.4) is 0 Å². The molecule has 2 fully saturated rings. The average Bonchev–Trinajstić information content (AvgIpc) is 3.06. The topological polar surface area (TPSA) is 63.1 Å². The number of rotatable bonds is 2. The lowest BCUT2D eigenvalue weighted by molar-refractivity contribution is -0.123. The Bertz CT molecular complexity index is 532. The molecule has 0 aliphatic carbocycles. The van der Waals surface area contributed by atoms with E-state index in [-0.39, 0.29) is 23.4 Å². The van der Waals surface area contributed by atoms with E-state index < -0.39 is 0 Å². The SMILES string of the molecule is Cn1cnnc1C1CCN([C@@H]2C[C@H](C(C)(C)C)NC2=O)C1. The molecule has 2 aliphatic rings. The van der Waals surface area contributed by atoms with E-state index >= 15 is 0 Å². The van der Waals surface area contributed by atoms with Crippen LogP contribution in [0.25, 0.3) is 0 Å². The summed E-state index contributed by atoms with van der Waals surface area (Å²) in [6.07, 6.45) is 3.71. The number of nitrogens with one attached hydrogen (secondary N) is 1. The zero-order chi connectivity index (χ0) is 15.2. The minimum atomic E-state index is 0.0208. The summed E-state index contributed by atoms with van der Waals surface area (Å²) >= 11 is 0. The minimum Gasteiger partial charge on any atom is -0.351 e. The average molecular weight is 291 g/mol. The number of carbonyl (C=O) groups is 1. The molecule has 1 unspecified atom stereocenters. The molecule has 21 heavy (non-hydrogen) atoms. The highest BCUT2D eigenvalue weighted by Crippen LogP contribution is 2.33. The maximum absolute atomic E-state index is 12.3. The van der Waals surface area contributed by atoms with Crippen molar-refractivity contribution in [2.45, 2.75) is 51.6 Å². The summed E-state index contributed by atoms with van der Waals surface area (Å²) in [4.78, 5) is 14.6. The van der Waals surface area contributed by atoms with Gasteiger partial charge in [-0.05, 0) is 24.8 Å². The van der Waals surface area contributed by atoms with Crippen LogP contribution in [0, 0.1) is 5.41 Å². The third-order valence-corrected chi connectivity index (χ3v) is 4.90. The van der Waals surface area contributed by atoms with Crippen LogP contribution >= 0.6 is 0 Å². The normalized spacial score (nSPS) is 30.9. The van der Waals surface area contributed by atoms with Crippen molar-refractivity contribution in [2.75, 3.05) is 13.1 Å². The van der Waals surface area contributed by atoms with Gasteiger partial charge in [-0.25, -0.2) is 0 Å². The van der Waals surface area contributed by atoms with E-state index in [2.05, 4.69) is 41.2 Å². The lowest BCUT2D eigenvalue weighted by Crippen LogP contribution is -2.39. The number of amides is 1. The maximum Gasteiger partial charge on any atom is 0.237 e. The fourth-order valence-electron chi connectivity index (χ4n) is 3.48. The third-order valence-electron chi connectivity index (χ3n) is 4.90. The van der Waals surface area contributed by atoms with Gasteiger partial charge < -0.3 is 9.88 Å². The van der Waals surface area contributed by atoms with Crippen molar-refractivity contribution in [2.24, 2.45) is 12.5 Å². The monoisotopic (exact) mass is 291 g/mol. The number of nitrogens with zero attached hydrogens (tertiary/aromatic N) is 4. The zero-order valence-corrected chi connectivity index (χ0v) is 13.3. The van der Waals surface area contributed by atoms with Crippen molar-refractivity contribution >= 4 is 5.91 Å². The Morgan fingerprint density at radius 2 is 2.14 bits per heavy atom. The van der Waals surface area contributed by atoms with Crippen LogP contribution in [0.15, 0.2) is 6.33 Å². The van der Waals surface area contributed by atoms with Crippen LogP contribution in [0.2, 0.25) is 0 Å². The Hall–Kier alpha value is -1.43. The molecule has 3 heterocycles. The molecule has 1 aromatic rings. The van der Waals surface area contributed by atoms with Gasteiger partial charge in [0.15, 0.2) is 0 Å². The molecular formula is C15H25N5O. The van der Waals surface area contributed by atoms with Gasteiger partial charge in [0.25, 0.3) is 0 Å². The van der Waals surface area contributed by atoms with Gasteiger partial charge in [0, 0.05) is 25.6 Å². The number of hydrogen-bond donors (Lipinski definition) is 1. The predicted molar refractivity (Wildman–Crippen MR) is 79.7 cm³/mol. The van der Waals surface area contributed by atoms with E-state index in [1.165, 1.54) is 0 Å². The first kappa shape index (κ1) is 14.5. The molecule has 0 aromatic carbocycles. The molecule has 0 saturated carbocycles. The van der Waals surface area contributed by atoms with Gasteiger partial charge in [0.1, 0.15) is 12.2 Å². The quantitative estimate of drug-likeness (QED) is 0.879. The molecule has 0 bridgehead atoms. The van der Waals surface area contributed by atoms with Gasteiger partial charge in [0.05, 0.1) is 6.04 Å². The molecule has 2 saturated heterocycles. The van der Waals surface area contributed by atoms with Gasteiger partial charge in [-0.3, -0.25) is 9.69 Å². The van der Waals surface area contributed by atoms with E-state index in [4.69, 9.17) is 0 Å². The Balaban J connectivity index is 1.67. The number of aromatic nitrogens is 3. The van der Waals surface area contributed by atoms with Crippen LogP contribution in [-0.4, -0.2) is 50.7 Å². The minimum absolute atomic E-state index is 0.0208. The Morgan fingerprint density at radius 3 is 2.71 bits per heavy atom. The Morgan fingerprint density at radius 1 is 1.38 bits per heavy atom. The summed E-state index contributed by atoms with van der Waals surface area (Å²) in [5, 5.41) is 11.3. The highest BCUT2D eigenvalue weighted by atomic mass is 16.2. The van der Waals surface area contributed by atoms with Gasteiger partial charge in [-0.1, -0.05) is 20.8 Å². The van der Waals surface area contributed by atoms with Crippen molar-refractivity contribution < 1.29 is 4.79 Å². The van der Waals surface area contributed by atoms with Crippen LogP contribution in [0.4, 0.5) is 0 Å². The highest BCUT2D eigenvalue weighted by molar-refractivity contribution is 5.84. The second-order valence-electron chi connectivity index (χ2n) is 7.46. The smallest absolute Gasteiger partial charge is 0.237 e. The Kier molecular flexibility index (Phi) is 3.51. The summed E-state index contributed by atoms with van der Waals surface area (Å²) in [5.74, 6) is 1.61. The van der Waals surface area contributed by atoms with Gasteiger partial charge in [0.2, 0.25) is 5.91 Å². The lowest BCUT2D eigenvalue weighted by atomic mass is 9.85. The molecule has 3 rings (SSSR count). The van der Waals surface area contributed by atoms with Crippen LogP contribution in [-0.2, 0) is 11.8 Å². The molecule has 0 spiro atoms. The number of likely N-dealkylation sites (tertiary alicyclic amines) is 1. The number of hydrogen-bond acceptors (Lipinski definition) is 4. The summed E-state index contributed by atoms with van der Waals surface area (Å²) in [6.45, 7) is 8.43. The van der Waals surface area contributed by atoms with Crippen molar-refractivity contribution in [3.63, 3.8) is 0 Å². The number of aryl methyl sites for hydroxylation is 1. The van der Waals surface area contributed by atoms with E-state index in [1.54, 1.807) is 6.33 Å². The van der Waals surface area contributed by atoms with E-state index in [9.17, 15) is 4.79 Å². The molecule has 1 N–H and O–H groups in total. The van der Waals surface area contributed by atoms with E-state index in [0.717, 1.165) is 31.8 Å². The largest absolute Gasteiger partial charge is 0.351 e. The fourth-order valence-corrected chi connectivity index (χ4v) is 3.48. The molecule has 6 heteroatoms. The summed E-state index contributed by atoms with van der Waals surface area (Å²) < 4.78 is 1.99. The molecule has 1 amide bonds. The molecular weight excluding hydrogens is 266 g/mol. The second-order valence-corrected chi connectivity index (χ2v) is 7.46. The van der Waals surface area contributed by atoms with Crippen molar-refractivity contribution in [1.82, 2.24) is 25.0 Å². The van der Waals surface area contributed by atoms with Crippen LogP contribution in [0.1, 0.15) is 45.4 Å². The van der Waals surface area contributed by atoms with Crippen LogP contribution < -0.4 is 5.32 Å². The molecule has 116 valence electrons. The summed E-state index contributed by atoms with van der Waals surface area (Å²) in [7, 11) is 1.98. The first-order chi connectivity index (χ1) is 9.86.